The lowest BCUT2D eigenvalue weighted by Crippen LogP contribution is -2.43. The van der Waals surface area contributed by atoms with Crippen molar-refractivity contribution in [3.8, 4) is 5.75 Å². The highest BCUT2D eigenvalue weighted by molar-refractivity contribution is 6.03. The van der Waals surface area contributed by atoms with Gasteiger partial charge in [-0.15, -0.1) is 0 Å². The van der Waals surface area contributed by atoms with Crippen LogP contribution in [0.2, 0.25) is 0 Å². The number of halogens is 1. The van der Waals surface area contributed by atoms with Gasteiger partial charge in [-0.3, -0.25) is 9.69 Å². The molecule has 2 aromatic carbocycles. The number of methoxy groups -OCH3 is 1. The summed E-state index contributed by atoms with van der Waals surface area (Å²) in [6.45, 7) is 3.01. The fraction of sp³-hybridized carbons (Fsp3) is 0.364. The lowest BCUT2D eigenvalue weighted by atomic mass is 9.98. The van der Waals surface area contributed by atoms with E-state index >= 15 is 0 Å². The molecule has 1 amide bonds. The minimum Gasteiger partial charge on any atom is -0.497 e. The Morgan fingerprint density at radius 3 is 2.66 bits per heavy atom. The second kappa shape index (κ2) is 8.71. The van der Waals surface area contributed by atoms with Crippen LogP contribution in [-0.4, -0.2) is 61.5 Å². The van der Waals surface area contributed by atoms with Gasteiger partial charge < -0.3 is 9.47 Å². The number of hydrogen-bond donors (Lipinski definition) is 0. The number of carbonyl (C=O) groups excluding carboxylic acids is 1. The molecule has 2 aliphatic heterocycles. The van der Waals surface area contributed by atoms with Crippen molar-refractivity contribution in [1.29, 1.82) is 0 Å². The van der Waals surface area contributed by atoms with Gasteiger partial charge in [-0.1, -0.05) is 24.3 Å². The number of nitrogens with zero attached hydrogens (tertiary/aromatic N) is 3. The molecule has 2 aliphatic rings. The first-order valence-electron chi connectivity index (χ1n) is 9.73. The molecule has 29 heavy (non-hydrogen) atoms. The number of rotatable bonds is 5. The largest absolute Gasteiger partial charge is 0.497 e. The van der Waals surface area contributed by atoms with Crippen LogP contribution in [-0.2, 0) is 9.53 Å². The molecule has 0 bridgehead atoms. The minimum atomic E-state index is -0.315. The third-order valence-electron chi connectivity index (χ3n) is 5.29. The number of hydrazone groups is 1. The molecule has 1 fully saturated rings. The summed E-state index contributed by atoms with van der Waals surface area (Å²) in [6, 6.07) is 13.8. The Labute approximate surface area is 169 Å². The second-order valence-corrected chi connectivity index (χ2v) is 7.18. The maximum absolute atomic E-state index is 13.7. The van der Waals surface area contributed by atoms with E-state index in [1.54, 1.807) is 18.2 Å². The second-order valence-electron chi connectivity index (χ2n) is 7.18. The summed E-state index contributed by atoms with van der Waals surface area (Å²) in [7, 11) is 1.62. The monoisotopic (exact) mass is 397 g/mol. The first-order valence-corrected chi connectivity index (χ1v) is 9.73. The summed E-state index contributed by atoms with van der Waals surface area (Å²) in [6.07, 6.45) is 0.532. The van der Waals surface area contributed by atoms with Crippen molar-refractivity contribution in [2.24, 2.45) is 5.10 Å². The van der Waals surface area contributed by atoms with Crippen LogP contribution in [0.3, 0.4) is 0 Å². The molecule has 0 N–H and O–H groups in total. The smallest absolute Gasteiger partial charge is 0.257 e. The Bertz CT molecular complexity index is 894. The first-order chi connectivity index (χ1) is 14.1. The molecule has 4 rings (SSSR count). The van der Waals surface area contributed by atoms with Crippen LogP contribution in [0.25, 0.3) is 0 Å². The average molecular weight is 397 g/mol. The van der Waals surface area contributed by atoms with Gasteiger partial charge in [-0.25, -0.2) is 9.40 Å². The van der Waals surface area contributed by atoms with E-state index in [9.17, 15) is 9.18 Å². The number of carbonyl (C=O) groups is 1. The van der Waals surface area contributed by atoms with Crippen LogP contribution in [0.4, 0.5) is 4.39 Å². The van der Waals surface area contributed by atoms with Crippen molar-refractivity contribution in [1.82, 2.24) is 9.91 Å². The van der Waals surface area contributed by atoms with Crippen molar-refractivity contribution in [3.05, 3.63) is 65.5 Å². The molecule has 0 aliphatic carbocycles. The van der Waals surface area contributed by atoms with Crippen molar-refractivity contribution in [2.45, 2.75) is 12.5 Å². The fourth-order valence-electron chi connectivity index (χ4n) is 3.69. The van der Waals surface area contributed by atoms with Gasteiger partial charge in [0.1, 0.15) is 11.6 Å². The highest BCUT2D eigenvalue weighted by Crippen LogP contribution is 2.33. The lowest BCUT2D eigenvalue weighted by Gasteiger charge is -2.29. The Morgan fingerprint density at radius 1 is 1.21 bits per heavy atom. The summed E-state index contributed by atoms with van der Waals surface area (Å²) in [5.41, 5.74) is 2.38. The molecule has 2 aromatic rings. The van der Waals surface area contributed by atoms with Crippen LogP contribution in [0, 0.1) is 5.82 Å². The number of benzene rings is 2. The van der Waals surface area contributed by atoms with Crippen LogP contribution >= 0.6 is 0 Å². The molecule has 0 spiro atoms. The average Bonchev–Trinajstić information content (AvgIpc) is 3.20. The summed E-state index contributed by atoms with van der Waals surface area (Å²) in [5, 5.41) is 6.16. The molecule has 0 saturated carbocycles. The van der Waals surface area contributed by atoms with Gasteiger partial charge in [0, 0.05) is 25.1 Å². The minimum absolute atomic E-state index is 0.0703. The van der Waals surface area contributed by atoms with Crippen LogP contribution in [0.15, 0.2) is 53.6 Å². The SMILES string of the molecule is COc1ccc(C2CC(c3cccc(F)c3)=NN2C(=O)CN2CCOCC2)cc1. The van der Waals surface area contributed by atoms with E-state index in [4.69, 9.17) is 9.47 Å². The number of ether oxygens (including phenoxy) is 2. The molecule has 1 unspecified atom stereocenters. The van der Waals surface area contributed by atoms with Gasteiger partial charge in [0.2, 0.25) is 0 Å². The Kier molecular flexibility index (Phi) is 5.87. The first kappa shape index (κ1) is 19.5. The predicted molar refractivity (Wildman–Crippen MR) is 107 cm³/mol. The van der Waals surface area contributed by atoms with Crippen molar-refractivity contribution >= 4 is 11.6 Å². The number of amides is 1. The summed E-state index contributed by atoms with van der Waals surface area (Å²) < 4.78 is 24.3. The Morgan fingerprint density at radius 2 is 1.97 bits per heavy atom. The van der Waals surface area contributed by atoms with Gasteiger partial charge in [-0.05, 0) is 29.8 Å². The molecule has 1 atom stereocenters. The van der Waals surface area contributed by atoms with E-state index in [0.717, 1.165) is 24.4 Å². The molecule has 7 heteroatoms. The normalized spacial score (nSPS) is 19.9. The highest BCUT2D eigenvalue weighted by atomic mass is 19.1. The fourth-order valence-corrected chi connectivity index (χ4v) is 3.69. The van der Waals surface area contributed by atoms with E-state index in [1.807, 2.05) is 30.3 Å². The van der Waals surface area contributed by atoms with E-state index in [0.29, 0.717) is 30.9 Å². The van der Waals surface area contributed by atoms with Crippen molar-refractivity contribution < 1.29 is 18.7 Å². The zero-order valence-electron chi connectivity index (χ0n) is 16.4. The molecular formula is C22H24FN3O3. The van der Waals surface area contributed by atoms with Crippen LogP contribution < -0.4 is 4.74 Å². The van der Waals surface area contributed by atoms with E-state index < -0.39 is 0 Å². The van der Waals surface area contributed by atoms with Gasteiger partial charge in [0.15, 0.2) is 0 Å². The molecule has 1 saturated heterocycles. The molecule has 0 aromatic heterocycles. The highest BCUT2D eigenvalue weighted by Gasteiger charge is 2.34. The maximum atomic E-state index is 13.7. The molecule has 6 nitrogen and oxygen atoms in total. The van der Waals surface area contributed by atoms with E-state index in [2.05, 4.69) is 10.0 Å². The number of hydrogen-bond acceptors (Lipinski definition) is 5. The Balaban J connectivity index is 1.60. The third kappa shape index (κ3) is 4.46. The summed E-state index contributed by atoms with van der Waals surface area (Å²) in [4.78, 5) is 15.2. The maximum Gasteiger partial charge on any atom is 0.257 e. The zero-order valence-corrected chi connectivity index (χ0v) is 16.4. The molecule has 0 radical (unpaired) electrons. The van der Waals surface area contributed by atoms with Gasteiger partial charge in [0.25, 0.3) is 5.91 Å². The molecule has 2 heterocycles. The van der Waals surface area contributed by atoms with E-state index in [-0.39, 0.29) is 24.3 Å². The Hall–Kier alpha value is -2.77. The lowest BCUT2D eigenvalue weighted by molar-refractivity contribution is -0.135. The number of morpholine rings is 1. The topological polar surface area (TPSA) is 54.4 Å². The van der Waals surface area contributed by atoms with Gasteiger partial charge in [0.05, 0.1) is 38.6 Å². The summed E-state index contributed by atoms with van der Waals surface area (Å²) >= 11 is 0. The van der Waals surface area contributed by atoms with Crippen molar-refractivity contribution in [2.75, 3.05) is 40.0 Å². The third-order valence-corrected chi connectivity index (χ3v) is 5.29. The van der Waals surface area contributed by atoms with Crippen LogP contribution in [0.1, 0.15) is 23.6 Å². The predicted octanol–water partition coefficient (Wildman–Crippen LogP) is 2.84. The molecule has 152 valence electrons. The van der Waals surface area contributed by atoms with Crippen molar-refractivity contribution in [3.63, 3.8) is 0 Å². The standard InChI is InChI=1S/C22H24FN3O3/c1-28-19-7-5-16(6-8-19)21-14-20(17-3-2-4-18(23)13-17)24-26(21)22(27)15-25-9-11-29-12-10-25/h2-8,13,21H,9-12,14-15H2,1H3. The summed E-state index contributed by atoms with van der Waals surface area (Å²) in [5.74, 6) is 0.368. The van der Waals surface area contributed by atoms with Crippen LogP contribution in [0.5, 0.6) is 5.75 Å². The van der Waals surface area contributed by atoms with Gasteiger partial charge in [-0.2, -0.15) is 5.10 Å². The molecular weight excluding hydrogens is 373 g/mol. The zero-order chi connectivity index (χ0) is 20.2. The van der Waals surface area contributed by atoms with E-state index in [1.165, 1.54) is 12.1 Å². The quantitative estimate of drug-likeness (QED) is 0.779. The van der Waals surface area contributed by atoms with Gasteiger partial charge >= 0.3 is 0 Å².